The van der Waals surface area contributed by atoms with E-state index in [0.717, 1.165) is 0 Å². The minimum Gasteiger partial charge on any atom is -0.494 e. The zero-order valence-electron chi connectivity index (χ0n) is 12.9. The van der Waals surface area contributed by atoms with E-state index in [1.807, 2.05) is 13.8 Å². The molecule has 0 spiro atoms. The van der Waals surface area contributed by atoms with Crippen molar-refractivity contribution in [1.29, 1.82) is 0 Å². The largest absolute Gasteiger partial charge is 0.494 e. The number of amides is 1. The lowest BCUT2D eigenvalue weighted by atomic mass is 10.2. The third kappa shape index (κ3) is 6.56. The molecule has 0 heterocycles. The number of carboxylic acids is 1. The summed E-state index contributed by atoms with van der Waals surface area (Å²) in [6.07, 6.45) is 0.751. The molecular weight excluding hydrogens is 289 g/mol. The van der Waals surface area contributed by atoms with Crippen molar-refractivity contribution in [1.82, 2.24) is 4.90 Å². The van der Waals surface area contributed by atoms with Crippen molar-refractivity contribution >= 4 is 11.9 Å². The Hall–Kier alpha value is -2.11. The van der Waals surface area contributed by atoms with Crippen LogP contribution in [-0.2, 0) is 9.59 Å². The molecule has 1 aromatic carbocycles. The summed E-state index contributed by atoms with van der Waals surface area (Å²) in [5.74, 6) is -0.772. The molecular formula is C16H22FNO4. The quantitative estimate of drug-likeness (QED) is 0.712. The maximum Gasteiger partial charge on any atom is 0.305 e. The van der Waals surface area contributed by atoms with Crippen LogP contribution in [0.1, 0.15) is 33.1 Å². The van der Waals surface area contributed by atoms with Crippen LogP contribution in [0.15, 0.2) is 24.3 Å². The van der Waals surface area contributed by atoms with Gasteiger partial charge in [-0.25, -0.2) is 4.39 Å². The van der Waals surface area contributed by atoms with E-state index in [1.54, 1.807) is 4.90 Å². The minimum absolute atomic E-state index is 0.0372. The lowest BCUT2D eigenvalue weighted by Gasteiger charge is -2.26. The summed E-state index contributed by atoms with van der Waals surface area (Å²) in [7, 11) is 0. The molecule has 1 amide bonds. The molecule has 5 nitrogen and oxygen atoms in total. The fourth-order valence-corrected chi connectivity index (χ4v) is 1.97. The van der Waals surface area contributed by atoms with E-state index in [-0.39, 0.29) is 30.7 Å². The maximum atomic E-state index is 12.7. The Balaban J connectivity index is 2.33. The summed E-state index contributed by atoms with van der Waals surface area (Å²) in [5.41, 5.74) is 0. The Labute approximate surface area is 129 Å². The highest BCUT2D eigenvalue weighted by Crippen LogP contribution is 2.12. The van der Waals surface area contributed by atoms with Gasteiger partial charge in [-0.2, -0.15) is 0 Å². The van der Waals surface area contributed by atoms with Gasteiger partial charge in [0.2, 0.25) is 5.91 Å². The molecule has 0 aliphatic heterocycles. The molecule has 0 aromatic heterocycles. The molecule has 0 fully saturated rings. The smallest absolute Gasteiger partial charge is 0.305 e. The predicted octanol–water partition coefficient (Wildman–Crippen LogP) is 2.70. The van der Waals surface area contributed by atoms with Crippen molar-refractivity contribution in [3.63, 3.8) is 0 Å². The number of rotatable bonds is 9. The van der Waals surface area contributed by atoms with E-state index in [0.29, 0.717) is 25.2 Å². The fourth-order valence-electron chi connectivity index (χ4n) is 1.97. The van der Waals surface area contributed by atoms with Gasteiger partial charge in [0.25, 0.3) is 0 Å². The van der Waals surface area contributed by atoms with Crippen LogP contribution in [0.5, 0.6) is 5.75 Å². The predicted molar refractivity (Wildman–Crippen MR) is 80.2 cm³/mol. The van der Waals surface area contributed by atoms with Gasteiger partial charge in [-0.15, -0.1) is 0 Å². The highest BCUT2D eigenvalue weighted by molar-refractivity contribution is 5.77. The van der Waals surface area contributed by atoms with Crippen molar-refractivity contribution in [3.05, 3.63) is 30.1 Å². The number of ether oxygens (including phenoxy) is 1. The Morgan fingerprint density at radius 2 is 1.86 bits per heavy atom. The van der Waals surface area contributed by atoms with Crippen LogP contribution in [0.4, 0.5) is 4.39 Å². The van der Waals surface area contributed by atoms with Crippen LogP contribution in [-0.4, -0.2) is 41.1 Å². The average Bonchev–Trinajstić information content (AvgIpc) is 2.45. The molecule has 0 bridgehead atoms. The Morgan fingerprint density at radius 1 is 1.23 bits per heavy atom. The molecule has 1 aromatic rings. The average molecular weight is 311 g/mol. The van der Waals surface area contributed by atoms with Crippen LogP contribution in [0.2, 0.25) is 0 Å². The van der Waals surface area contributed by atoms with E-state index < -0.39 is 5.97 Å². The first-order valence-corrected chi connectivity index (χ1v) is 7.29. The Kier molecular flexibility index (Phi) is 7.36. The molecule has 0 atom stereocenters. The molecule has 0 saturated heterocycles. The molecule has 0 aliphatic carbocycles. The third-order valence-corrected chi connectivity index (χ3v) is 3.13. The van der Waals surface area contributed by atoms with Gasteiger partial charge in [0.05, 0.1) is 13.0 Å². The first-order valence-electron chi connectivity index (χ1n) is 7.29. The highest BCUT2D eigenvalue weighted by atomic mass is 19.1. The summed E-state index contributed by atoms with van der Waals surface area (Å²) < 4.78 is 18.1. The minimum atomic E-state index is -0.918. The SMILES string of the molecule is CC(C)N(CCC(=O)O)C(=O)CCCOc1ccc(F)cc1. The van der Waals surface area contributed by atoms with Crippen molar-refractivity contribution < 1.29 is 23.8 Å². The molecule has 0 aliphatic rings. The van der Waals surface area contributed by atoms with Crippen LogP contribution >= 0.6 is 0 Å². The van der Waals surface area contributed by atoms with Gasteiger partial charge in [0, 0.05) is 19.0 Å². The van der Waals surface area contributed by atoms with E-state index in [1.165, 1.54) is 24.3 Å². The number of nitrogens with zero attached hydrogens (tertiary/aromatic N) is 1. The molecule has 0 saturated carbocycles. The van der Waals surface area contributed by atoms with Crippen LogP contribution in [0.3, 0.4) is 0 Å². The zero-order chi connectivity index (χ0) is 16.5. The second-order valence-corrected chi connectivity index (χ2v) is 5.23. The maximum absolute atomic E-state index is 12.7. The molecule has 0 unspecified atom stereocenters. The van der Waals surface area contributed by atoms with E-state index >= 15 is 0 Å². The summed E-state index contributed by atoms with van der Waals surface area (Å²) in [4.78, 5) is 24.2. The molecule has 1 rings (SSSR count). The number of hydrogen-bond acceptors (Lipinski definition) is 3. The van der Waals surface area contributed by atoms with Gasteiger partial charge >= 0.3 is 5.97 Å². The summed E-state index contributed by atoms with van der Waals surface area (Å²) in [5, 5.41) is 8.70. The molecule has 122 valence electrons. The number of carbonyl (C=O) groups is 2. The van der Waals surface area contributed by atoms with Gasteiger partial charge in [-0.1, -0.05) is 0 Å². The second-order valence-electron chi connectivity index (χ2n) is 5.23. The van der Waals surface area contributed by atoms with Crippen molar-refractivity contribution in [2.75, 3.05) is 13.2 Å². The first kappa shape index (κ1) is 17.9. The van der Waals surface area contributed by atoms with Crippen molar-refractivity contribution in [2.45, 2.75) is 39.2 Å². The van der Waals surface area contributed by atoms with Crippen molar-refractivity contribution in [3.8, 4) is 5.75 Å². The summed E-state index contributed by atoms with van der Waals surface area (Å²) in [6.45, 7) is 4.27. The van der Waals surface area contributed by atoms with Crippen LogP contribution < -0.4 is 4.74 Å². The molecule has 22 heavy (non-hydrogen) atoms. The molecule has 0 radical (unpaired) electrons. The van der Waals surface area contributed by atoms with Crippen molar-refractivity contribution in [2.24, 2.45) is 0 Å². The molecule has 6 heteroatoms. The van der Waals surface area contributed by atoms with Crippen LogP contribution in [0, 0.1) is 5.82 Å². The number of hydrogen-bond donors (Lipinski definition) is 1. The Bertz CT molecular complexity index is 487. The monoisotopic (exact) mass is 311 g/mol. The van der Waals surface area contributed by atoms with Gasteiger partial charge in [-0.05, 0) is 44.5 Å². The second kappa shape index (κ2) is 9.02. The van der Waals surface area contributed by atoms with E-state index in [9.17, 15) is 14.0 Å². The standard InChI is InChI=1S/C16H22FNO4/c1-12(2)18(10-9-16(20)21)15(19)4-3-11-22-14-7-5-13(17)6-8-14/h5-8,12H,3-4,9-11H2,1-2H3,(H,20,21). The normalized spacial score (nSPS) is 10.5. The highest BCUT2D eigenvalue weighted by Gasteiger charge is 2.17. The Morgan fingerprint density at radius 3 is 2.41 bits per heavy atom. The number of benzene rings is 1. The lowest BCUT2D eigenvalue weighted by Crippen LogP contribution is -2.38. The summed E-state index contributed by atoms with van der Waals surface area (Å²) >= 11 is 0. The number of aliphatic carboxylic acids is 1. The topological polar surface area (TPSA) is 66.8 Å². The van der Waals surface area contributed by atoms with E-state index in [2.05, 4.69) is 0 Å². The fraction of sp³-hybridized carbons (Fsp3) is 0.500. The third-order valence-electron chi connectivity index (χ3n) is 3.13. The molecule has 1 N–H and O–H groups in total. The zero-order valence-corrected chi connectivity index (χ0v) is 12.9. The van der Waals surface area contributed by atoms with Gasteiger partial charge in [-0.3, -0.25) is 9.59 Å². The van der Waals surface area contributed by atoms with Gasteiger partial charge in [0.1, 0.15) is 11.6 Å². The van der Waals surface area contributed by atoms with E-state index in [4.69, 9.17) is 9.84 Å². The lowest BCUT2D eigenvalue weighted by molar-refractivity contribution is -0.139. The van der Waals surface area contributed by atoms with Crippen LogP contribution in [0.25, 0.3) is 0 Å². The first-order chi connectivity index (χ1) is 10.4. The van der Waals surface area contributed by atoms with Gasteiger partial charge in [0.15, 0.2) is 0 Å². The number of halogens is 1. The van der Waals surface area contributed by atoms with Gasteiger partial charge < -0.3 is 14.7 Å². The number of carbonyl (C=O) groups excluding carboxylic acids is 1. The number of carboxylic acid groups (broad SMARTS) is 1. The summed E-state index contributed by atoms with van der Waals surface area (Å²) in [6, 6.07) is 5.65.